The maximum atomic E-state index is 13.2. The molecule has 0 N–H and O–H groups in total. The zero-order valence-corrected chi connectivity index (χ0v) is 16.5. The fraction of sp³-hybridized carbons (Fsp3) is 0.0769. The first-order chi connectivity index (χ1) is 14.7. The molecule has 30 heavy (non-hydrogen) atoms. The van der Waals surface area contributed by atoms with Crippen molar-refractivity contribution in [2.45, 2.75) is 6.92 Å². The molecule has 4 nitrogen and oxygen atoms in total. The Morgan fingerprint density at radius 1 is 0.867 bits per heavy atom. The van der Waals surface area contributed by atoms with Gasteiger partial charge in [-0.25, -0.2) is 4.79 Å². The number of fused-ring (bicyclic) bond motifs is 1. The van der Waals surface area contributed by atoms with Crippen LogP contribution in [0.1, 0.15) is 22.8 Å². The SMILES string of the molecule is CCOC(=O)/C(=C/c1c(-c2ccccc2)oc2ccccc12)C(=O)c1ccccc1. The summed E-state index contributed by atoms with van der Waals surface area (Å²) in [6.07, 6.45) is 1.58. The van der Waals surface area contributed by atoms with Crippen LogP contribution in [-0.2, 0) is 9.53 Å². The summed E-state index contributed by atoms with van der Waals surface area (Å²) in [5, 5.41) is 0.819. The van der Waals surface area contributed by atoms with E-state index in [-0.39, 0.29) is 12.2 Å². The normalized spacial score (nSPS) is 11.4. The second kappa shape index (κ2) is 8.62. The quantitative estimate of drug-likeness (QED) is 0.133. The van der Waals surface area contributed by atoms with Gasteiger partial charge in [0.05, 0.1) is 6.61 Å². The molecule has 148 valence electrons. The van der Waals surface area contributed by atoms with E-state index in [1.54, 1.807) is 37.3 Å². The highest BCUT2D eigenvalue weighted by Gasteiger charge is 2.24. The molecule has 4 rings (SSSR count). The van der Waals surface area contributed by atoms with E-state index in [0.29, 0.717) is 22.5 Å². The molecule has 0 spiro atoms. The van der Waals surface area contributed by atoms with Crippen molar-refractivity contribution in [3.05, 3.63) is 102 Å². The molecule has 1 heterocycles. The van der Waals surface area contributed by atoms with Crippen molar-refractivity contribution in [1.29, 1.82) is 0 Å². The van der Waals surface area contributed by atoms with Crippen LogP contribution in [0.4, 0.5) is 0 Å². The number of Topliss-reactive ketones (excluding diaryl/α,β-unsaturated/α-hetero) is 1. The summed E-state index contributed by atoms with van der Waals surface area (Å²) in [7, 11) is 0. The van der Waals surface area contributed by atoms with Gasteiger partial charge in [0.25, 0.3) is 0 Å². The Labute approximate surface area is 174 Å². The lowest BCUT2D eigenvalue weighted by Crippen LogP contribution is -2.16. The molecule has 4 aromatic rings. The molecule has 3 aromatic carbocycles. The molecule has 0 atom stereocenters. The fourth-order valence-corrected chi connectivity index (χ4v) is 3.33. The van der Waals surface area contributed by atoms with Gasteiger partial charge in [-0.3, -0.25) is 4.79 Å². The first-order valence-electron chi connectivity index (χ1n) is 9.74. The minimum atomic E-state index is -0.657. The van der Waals surface area contributed by atoms with Crippen LogP contribution >= 0.6 is 0 Å². The number of carbonyl (C=O) groups excluding carboxylic acids is 2. The van der Waals surface area contributed by atoms with Gasteiger partial charge in [0, 0.05) is 22.1 Å². The summed E-state index contributed by atoms with van der Waals surface area (Å²) >= 11 is 0. The highest BCUT2D eigenvalue weighted by molar-refractivity contribution is 6.27. The molecular formula is C26H20O4. The van der Waals surface area contributed by atoms with Crippen LogP contribution in [0.3, 0.4) is 0 Å². The van der Waals surface area contributed by atoms with Gasteiger partial charge in [-0.2, -0.15) is 0 Å². The topological polar surface area (TPSA) is 56.5 Å². The highest BCUT2D eigenvalue weighted by Crippen LogP contribution is 2.35. The first kappa shape index (κ1) is 19.4. The van der Waals surface area contributed by atoms with Crippen LogP contribution in [0.15, 0.2) is 94.9 Å². The average molecular weight is 396 g/mol. The first-order valence-corrected chi connectivity index (χ1v) is 9.74. The van der Waals surface area contributed by atoms with Gasteiger partial charge < -0.3 is 9.15 Å². The van der Waals surface area contributed by atoms with Gasteiger partial charge in [0.1, 0.15) is 16.9 Å². The van der Waals surface area contributed by atoms with Crippen LogP contribution in [0, 0.1) is 0 Å². The molecule has 0 saturated heterocycles. The number of esters is 1. The number of carbonyl (C=O) groups is 2. The van der Waals surface area contributed by atoms with Gasteiger partial charge in [-0.1, -0.05) is 78.9 Å². The molecular weight excluding hydrogens is 376 g/mol. The second-order valence-electron chi connectivity index (χ2n) is 6.68. The Hall–Kier alpha value is -3.92. The zero-order chi connectivity index (χ0) is 20.9. The zero-order valence-electron chi connectivity index (χ0n) is 16.5. The van der Waals surface area contributed by atoms with Gasteiger partial charge in [0.2, 0.25) is 0 Å². The van der Waals surface area contributed by atoms with Gasteiger partial charge in [-0.05, 0) is 19.1 Å². The highest BCUT2D eigenvalue weighted by atomic mass is 16.5. The molecule has 0 aliphatic heterocycles. The van der Waals surface area contributed by atoms with Crippen LogP contribution in [0.25, 0.3) is 28.4 Å². The van der Waals surface area contributed by atoms with E-state index in [4.69, 9.17) is 9.15 Å². The van der Waals surface area contributed by atoms with Gasteiger partial charge in [-0.15, -0.1) is 0 Å². The maximum Gasteiger partial charge on any atom is 0.342 e. The van der Waals surface area contributed by atoms with E-state index in [0.717, 1.165) is 10.9 Å². The number of hydrogen-bond acceptors (Lipinski definition) is 4. The van der Waals surface area contributed by atoms with Crippen molar-refractivity contribution in [2.75, 3.05) is 6.61 Å². The smallest absolute Gasteiger partial charge is 0.342 e. The maximum absolute atomic E-state index is 13.2. The molecule has 4 heteroatoms. The van der Waals surface area contributed by atoms with Crippen molar-refractivity contribution in [2.24, 2.45) is 0 Å². The Kier molecular flexibility index (Phi) is 5.57. The summed E-state index contributed by atoms with van der Waals surface area (Å²) in [6, 6.07) is 25.9. The van der Waals surface area contributed by atoms with E-state index in [9.17, 15) is 9.59 Å². The molecule has 0 aliphatic carbocycles. The summed E-state index contributed by atoms with van der Waals surface area (Å²) in [5.41, 5.74) is 2.59. The third-order valence-corrected chi connectivity index (χ3v) is 4.73. The minimum absolute atomic E-state index is 0.0354. The summed E-state index contributed by atoms with van der Waals surface area (Å²) < 4.78 is 11.3. The van der Waals surface area contributed by atoms with Gasteiger partial charge >= 0.3 is 5.97 Å². The predicted octanol–water partition coefficient (Wildman–Crippen LogP) is 5.93. The lowest BCUT2D eigenvalue weighted by molar-refractivity contribution is -0.137. The third-order valence-electron chi connectivity index (χ3n) is 4.73. The van der Waals surface area contributed by atoms with Crippen molar-refractivity contribution in [1.82, 2.24) is 0 Å². The van der Waals surface area contributed by atoms with Crippen LogP contribution in [0.2, 0.25) is 0 Å². The molecule has 0 fully saturated rings. The molecule has 0 bridgehead atoms. The van der Waals surface area contributed by atoms with E-state index < -0.39 is 11.8 Å². The monoisotopic (exact) mass is 396 g/mol. The molecule has 0 aliphatic rings. The van der Waals surface area contributed by atoms with Gasteiger partial charge in [0.15, 0.2) is 5.78 Å². The lowest BCUT2D eigenvalue weighted by atomic mass is 9.98. The summed E-state index contributed by atoms with van der Waals surface area (Å²) in [6.45, 7) is 1.89. The number of ether oxygens (including phenoxy) is 1. The largest absolute Gasteiger partial charge is 0.462 e. The van der Waals surface area contributed by atoms with E-state index in [1.165, 1.54) is 0 Å². The standard InChI is InChI=1S/C26H20O4/c1-2-29-26(28)22(24(27)18-11-5-3-6-12-18)17-21-20-15-9-10-16-23(20)30-25(21)19-13-7-4-8-14-19/h3-17H,2H2,1H3/b22-17+. The molecule has 1 aromatic heterocycles. The number of hydrogen-bond donors (Lipinski definition) is 0. The van der Waals surface area contributed by atoms with Crippen molar-refractivity contribution >= 4 is 28.8 Å². The number of furan rings is 1. The van der Waals surface area contributed by atoms with Crippen LogP contribution in [-0.4, -0.2) is 18.4 Å². The second-order valence-corrected chi connectivity index (χ2v) is 6.68. The average Bonchev–Trinajstić information content (AvgIpc) is 3.17. The lowest BCUT2D eigenvalue weighted by Gasteiger charge is -2.07. The summed E-state index contributed by atoms with van der Waals surface area (Å²) in [5.74, 6) is -0.451. The Bertz CT molecular complexity index is 1220. The van der Waals surface area contributed by atoms with Crippen molar-refractivity contribution in [3.8, 4) is 11.3 Å². The minimum Gasteiger partial charge on any atom is -0.462 e. The molecule has 0 amide bonds. The Morgan fingerprint density at radius 2 is 1.50 bits per heavy atom. The number of benzene rings is 3. The molecule has 0 unspecified atom stereocenters. The fourth-order valence-electron chi connectivity index (χ4n) is 3.33. The van der Waals surface area contributed by atoms with Crippen molar-refractivity contribution in [3.63, 3.8) is 0 Å². The van der Waals surface area contributed by atoms with Crippen LogP contribution < -0.4 is 0 Å². The molecule has 0 radical (unpaired) electrons. The Balaban J connectivity index is 1.93. The van der Waals surface area contributed by atoms with E-state index >= 15 is 0 Å². The predicted molar refractivity (Wildman–Crippen MR) is 117 cm³/mol. The van der Waals surface area contributed by atoms with Crippen molar-refractivity contribution < 1.29 is 18.7 Å². The van der Waals surface area contributed by atoms with E-state index in [1.807, 2.05) is 60.7 Å². The number of para-hydroxylation sites is 1. The summed E-state index contributed by atoms with van der Waals surface area (Å²) in [4.78, 5) is 25.9. The number of ketones is 1. The molecule has 0 saturated carbocycles. The van der Waals surface area contributed by atoms with E-state index in [2.05, 4.69) is 0 Å². The number of rotatable bonds is 6. The Morgan fingerprint density at radius 3 is 2.20 bits per heavy atom. The third kappa shape index (κ3) is 3.80. The van der Waals surface area contributed by atoms with Crippen LogP contribution in [0.5, 0.6) is 0 Å².